The van der Waals surface area contributed by atoms with Crippen molar-refractivity contribution in [3.8, 4) is 0 Å². The fourth-order valence-corrected chi connectivity index (χ4v) is 2.05. The smallest absolute Gasteiger partial charge is 0.0152 e. The third-order valence-corrected chi connectivity index (χ3v) is 3.42. The van der Waals surface area contributed by atoms with Crippen LogP contribution < -0.4 is 0 Å². The summed E-state index contributed by atoms with van der Waals surface area (Å²) in [7, 11) is 0. The van der Waals surface area contributed by atoms with E-state index in [0.717, 1.165) is 16.7 Å². The predicted molar refractivity (Wildman–Crippen MR) is 80.4 cm³/mol. The van der Waals surface area contributed by atoms with Gasteiger partial charge in [0, 0.05) is 0 Å². The van der Waals surface area contributed by atoms with Crippen LogP contribution >= 0.6 is 0 Å². The zero-order valence-corrected chi connectivity index (χ0v) is 11.0. The van der Waals surface area contributed by atoms with Gasteiger partial charge in [-0.25, -0.2) is 0 Å². The molecule has 0 spiro atoms. The zero-order chi connectivity index (χ0) is 13.1. The van der Waals surface area contributed by atoms with Crippen molar-refractivity contribution in [3.05, 3.63) is 83.9 Å². The predicted octanol–water partition coefficient (Wildman–Crippen LogP) is 5.03. The van der Waals surface area contributed by atoms with Crippen LogP contribution in [0.2, 0.25) is 0 Å². The zero-order valence-electron chi connectivity index (χ0n) is 11.0. The topological polar surface area (TPSA) is 0 Å². The lowest BCUT2D eigenvalue weighted by molar-refractivity contribution is 1.32. The van der Waals surface area contributed by atoms with Gasteiger partial charge in [0.25, 0.3) is 0 Å². The van der Waals surface area contributed by atoms with Crippen molar-refractivity contribution in [3.63, 3.8) is 0 Å². The molecule has 0 fully saturated rings. The number of allylic oxidation sites excluding steroid dienone is 2. The van der Waals surface area contributed by atoms with E-state index in [4.69, 9.17) is 0 Å². The Morgan fingerprint density at radius 3 is 2.11 bits per heavy atom. The highest BCUT2D eigenvalue weighted by atomic mass is 14.1. The Balaban J connectivity index is 2.38. The number of rotatable bonds is 3. The molecular weight excluding hydrogens is 216 g/mol. The highest BCUT2D eigenvalue weighted by Crippen LogP contribution is 2.30. The highest BCUT2D eigenvalue weighted by molar-refractivity contribution is 6.03. The standard InChI is InChI=1S/C18H18/c1-13-9-8-12-18(14(13)2)16(4)15(3)17-10-6-5-7-11-17/h5-12H,3-4H2,1-2H3. The van der Waals surface area contributed by atoms with E-state index in [0.29, 0.717) is 0 Å². The SMILES string of the molecule is C=C(C(=C)c1cccc(C)c1C)c1ccccc1. The number of hydrogen-bond donors (Lipinski definition) is 0. The average molecular weight is 234 g/mol. The Morgan fingerprint density at radius 2 is 1.44 bits per heavy atom. The minimum atomic E-state index is 0.990. The van der Waals surface area contributed by atoms with Crippen LogP contribution in [-0.4, -0.2) is 0 Å². The molecule has 0 saturated heterocycles. The van der Waals surface area contributed by atoms with Gasteiger partial charge in [-0.3, -0.25) is 0 Å². The van der Waals surface area contributed by atoms with Gasteiger partial charge in [-0.2, -0.15) is 0 Å². The lowest BCUT2D eigenvalue weighted by Crippen LogP contribution is -1.93. The summed E-state index contributed by atoms with van der Waals surface area (Å²) in [5, 5.41) is 0. The molecule has 0 unspecified atom stereocenters. The van der Waals surface area contributed by atoms with Crippen LogP contribution in [0.25, 0.3) is 11.1 Å². The highest BCUT2D eigenvalue weighted by Gasteiger charge is 2.09. The van der Waals surface area contributed by atoms with Crippen molar-refractivity contribution in [2.45, 2.75) is 13.8 Å². The van der Waals surface area contributed by atoms with Gasteiger partial charge in [0.05, 0.1) is 0 Å². The van der Waals surface area contributed by atoms with Crippen LogP contribution in [0, 0.1) is 13.8 Å². The van der Waals surface area contributed by atoms with E-state index < -0.39 is 0 Å². The second-order valence-corrected chi connectivity index (χ2v) is 4.57. The van der Waals surface area contributed by atoms with E-state index in [1.165, 1.54) is 16.7 Å². The van der Waals surface area contributed by atoms with Crippen molar-refractivity contribution in [2.24, 2.45) is 0 Å². The van der Waals surface area contributed by atoms with Gasteiger partial charge >= 0.3 is 0 Å². The summed E-state index contributed by atoms with van der Waals surface area (Å²) in [6.07, 6.45) is 0. The van der Waals surface area contributed by atoms with Gasteiger partial charge in [-0.05, 0) is 47.2 Å². The van der Waals surface area contributed by atoms with Gasteiger partial charge in [-0.15, -0.1) is 0 Å². The number of benzene rings is 2. The van der Waals surface area contributed by atoms with Crippen molar-refractivity contribution < 1.29 is 0 Å². The van der Waals surface area contributed by atoms with Gasteiger partial charge in [-0.1, -0.05) is 61.7 Å². The molecular formula is C18H18. The molecule has 0 nitrogen and oxygen atoms in total. The summed E-state index contributed by atoms with van der Waals surface area (Å²) in [4.78, 5) is 0. The summed E-state index contributed by atoms with van der Waals surface area (Å²) >= 11 is 0. The molecule has 2 aromatic rings. The first-order valence-corrected chi connectivity index (χ1v) is 6.11. The number of hydrogen-bond acceptors (Lipinski definition) is 0. The molecule has 90 valence electrons. The normalized spacial score (nSPS) is 10.1. The third-order valence-electron chi connectivity index (χ3n) is 3.42. The van der Waals surface area contributed by atoms with Gasteiger partial charge < -0.3 is 0 Å². The average Bonchev–Trinajstić information content (AvgIpc) is 2.41. The lowest BCUT2D eigenvalue weighted by Gasteiger charge is -2.14. The Bertz CT molecular complexity index is 589. The van der Waals surface area contributed by atoms with E-state index in [9.17, 15) is 0 Å². The summed E-state index contributed by atoms with van der Waals surface area (Å²) < 4.78 is 0. The Labute approximate surface area is 109 Å². The third kappa shape index (κ3) is 2.28. The second kappa shape index (κ2) is 5.05. The minimum absolute atomic E-state index is 0.990. The Kier molecular flexibility index (Phi) is 3.47. The van der Waals surface area contributed by atoms with Crippen molar-refractivity contribution in [2.75, 3.05) is 0 Å². The monoisotopic (exact) mass is 234 g/mol. The maximum absolute atomic E-state index is 4.20. The van der Waals surface area contributed by atoms with Crippen LogP contribution in [0.15, 0.2) is 61.7 Å². The van der Waals surface area contributed by atoms with Crippen LogP contribution in [0.5, 0.6) is 0 Å². The molecule has 0 heteroatoms. The van der Waals surface area contributed by atoms with E-state index in [2.05, 4.69) is 57.3 Å². The van der Waals surface area contributed by atoms with E-state index in [1.54, 1.807) is 0 Å². The van der Waals surface area contributed by atoms with Crippen molar-refractivity contribution in [1.82, 2.24) is 0 Å². The molecule has 0 aliphatic heterocycles. The molecule has 2 aromatic carbocycles. The molecule has 0 N–H and O–H groups in total. The lowest BCUT2D eigenvalue weighted by atomic mass is 9.91. The largest absolute Gasteiger partial charge is 0.0906 e. The molecule has 0 aromatic heterocycles. The quantitative estimate of drug-likeness (QED) is 0.653. The van der Waals surface area contributed by atoms with E-state index >= 15 is 0 Å². The molecule has 18 heavy (non-hydrogen) atoms. The van der Waals surface area contributed by atoms with Crippen LogP contribution in [0.4, 0.5) is 0 Å². The Morgan fingerprint density at radius 1 is 0.778 bits per heavy atom. The van der Waals surface area contributed by atoms with E-state index in [-0.39, 0.29) is 0 Å². The maximum atomic E-state index is 4.20. The molecule has 0 saturated carbocycles. The molecule has 0 aliphatic carbocycles. The minimum Gasteiger partial charge on any atom is -0.0906 e. The Hall–Kier alpha value is -2.08. The van der Waals surface area contributed by atoms with Crippen molar-refractivity contribution >= 4 is 11.1 Å². The molecule has 0 aliphatic rings. The van der Waals surface area contributed by atoms with Crippen LogP contribution in [-0.2, 0) is 0 Å². The first-order chi connectivity index (χ1) is 8.61. The fraction of sp³-hybridized carbons (Fsp3) is 0.111. The van der Waals surface area contributed by atoms with Gasteiger partial charge in [0.15, 0.2) is 0 Å². The van der Waals surface area contributed by atoms with Crippen LogP contribution in [0.3, 0.4) is 0 Å². The second-order valence-electron chi connectivity index (χ2n) is 4.57. The fourth-order valence-electron chi connectivity index (χ4n) is 2.05. The number of aryl methyl sites for hydroxylation is 1. The summed E-state index contributed by atoms with van der Waals surface area (Å²) in [5.74, 6) is 0. The first-order valence-electron chi connectivity index (χ1n) is 6.11. The summed E-state index contributed by atoms with van der Waals surface area (Å²) in [6.45, 7) is 12.6. The van der Waals surface area contributed by atoms with Crippen molar-refractivity contribution in [1.29, 1.82) is 0 Å². The molecule has 2 rings (SSSR count). The first kappa shape index (κ1) is 12.4. The molecule has 0 atom stereocenters. The summed E-state index contributed by atoms with van der Waals surface area (Å²) in [5.41, 5.74) is 6.87. The van der Waals surface area contributed by atoms with Crippen LogP contribution in [0.1, 0.15) is 22.3 Å². The van der Waals surface area contributed by atoms with E-state index in [1.807, 2.05) is 18.2 Å². The maximum Gasteiger partial charge on any atom is -0.0152 e. The molecule has 0 bridgehead atoms. The van der Waals surface area contributed by atoms with Gasteiger partial charge in [0.1, 0.15) is 0 Å². The summed E-state index contributed by atoms with van der Waals surface area (Å²) in [6, 6.07) is 16.5. The molecule has 0 amide bonds. The van der Waals surface area contributed by atoms with Gasteiger partial charge in [0.2, 0.25) is 0 Å². The molecule has 0 heterocycles. The molecule has 0 radical (unpaired) electrons.